The number of amides is 3. The number of aryl methyl sites for hydroxylation is 1. The van der Waals surface area contributed by atoms with Gasteiger partial charge in [0, 0.05) is 44.5 Å². The average Bonchev–Trinajstić information content (AvgIpc) is 3.23. The summed E-state index contributed by atoms with van der Waals surface area (Å²) < 4.78 is 1.83. The second kappa shape index (κ2) is 7.54. The van der Waals surface area contributed by atoms with Crippen LogP contribution in [0.15, 0.2) is 36.7 Å². The molecule has 1 unspecified atom stereocenters. The van der Waals surface area contributed by atoms with Crippen molar-refractivity contribution in [1.82, 2.24) is 14.8 Å². The minimum Gasteiger partial charge on any atom is -0.355 e. The van der Waals surface area contributed by atoms with Gasteiger partial charge in [-0.15, -0.1) is 0 Å². The fourth-order valence-corrected chi connectivity index (χ4v) is 3.86. The Morgan fingerprint density at radius 1 is 1.21 bits per heavy atom. The fraction of sp³-hybridized carbons (Fsp3) is 0.333. The van der Waals surface area contributed by atoms with Crippen molar-refractivity contribution >= 4 is 29.2 Å². The summed E-state index contributed by atoms with van der Waals surface area (Å²) >= 11 is 0. The molecule has 0 bridgehead atoms. The molecule has 2 N–H and O–H groups in total. The third kappa shape index (κ3) is 3.91. The molecule has 1 saturated carbocycles. The number of nitrogens with one attached hydrogen (secondary N) is 2. The van der Waals surface area contributed by atoms with E-state index in [-0.39, 0.29) is 36.5 Å². The Balaban J connectivity index is 1.39. The van der Waals surface area contributed by atoms with Gasteiger partial charge in [0.25, 0.3) is 5.91 Å². The summed E-state index contributed by atoms with van der Waals surface area (Å²) in [5.41, 5.74) is 2.90. The SMILES string of the molecule is Cn1ccc(NC(=O)NCc2ccc3c(c2)C(=O)N(C2CCC(=O)CC2=O)C3)c1. The number of hydrogen-bond acceptors (Lipinski definition) is 4. The minimum absolute atomic E-state index is 0.0578. The summed E-state index contributed by atoms with van der Waals surface area (Å²) in [5.74, 6) is -0.428. The van der Waals surface area contributed by atoms with E-state index in [0.717, 1.165) is 11.1 Å². The van der Waals surface area contributed by atoms with Crippen molar-refractivity contribution in [1.29, 1.82) is 0 Å². The Kier molecular flexibility index (Phi) is 4.92. The molecule has 1 aromatic carbocycles. The normalized spacial score (nSPS) is 18.7. The number of nitrogens with zero attached hydrogens (tertiary/aromatic N) is 2. The van der Waals surface area contributed by atoms with Crippen LogP contribution in [0, 0.1) is 0 Å². The van der Waals surface area contributed by atoms with E-state index in [2.05, 4.69) is 10.6 Å². The Morgan fingerprint density at radius 2 is 2.03 bits per heavy atom. The highest BCUT2D eigenvalue weighted by Crippen LogP contribution is 2.29. The molecule has 2 aromatic rings. The number of benzene rings is 1. The molecule has 1 atom stereocenters. The minimum atomic E-state index is -0.522. The van der Waals surface area contributed by atoms with Crippen LogP contribution in [-0.2, 0) is 29.7 Å². The molecule has 150 valence electrons. The zero-order valence-corrected chi connectivity index (χ0v) is 16.1. The molecule has 1 fully saturated rings. The molecule has 0 spiro atoms. The van der Waals surface area contributed by atoms with Crippen molar-refractivity contribution in [2.45, 2.75) is 38.4 Å². The summed E-state index contributed by atoms with van der Waals surface area (Å²) in [6.45, 7) is 0.650. The molecular formula is C21H22N4O4. The number of Topliss-reactive ketones (excluding diaryl/α,β-unsaturated/α-hetero) is 2. The van der Waals surface area contributed by atoms with Gasteiger partial charge in [-0.3, -0.25) is 14.4 Å². The fourth-order valence-electron chi connectivity index (χ4n) is 3.86. The molecule has 1 aliphatic heterocycles. The summed E-state index contributed by atoms with van der Waals surface area (Å²) in [6.07, 6.45) is 4.27. The summed E-state index contributed by atoms with van der Waals surface area (Å²) in [6, 6.07) is 6.43. The van der Waals surface area contributed by atoms with Gasteiger partial charge in [0.2, 0.25) is 0 Å². The lowest BCUT2D eigenvalue weighted by atomic mass is 9.92. The van der Waals surface area contributed by atoms with Gasteiger partial charge in [-0.2, -0.15) is 0 Å². The maximum Gasteiger partial charge on any atom is 0.319 e. The van der Waals surface area contributed by atoms with E-state index in [4.69, 9.17) is 0 Å². The lowest BCUT2D eigenvalue weighted by Gasteiger charge is -2.29. The predicted octanol–water partition coefficient (Wildman–Crippen LogP) is 1.99. The molecule has 0 radical (unpaired) electrons. The van der Waals surface area contributed by atoms with Crippen LogP contribution in [0.25, 0.3) is 0 Å². The zero-order chi connectivity index (χ0) is 20.5. The van der Waals surface area contributed by atoms with Gasteiger partial charge < -0.3 is 20.1 Å². The number of urea groups is 1. The average molecular weight is 394 g/mol. The number of fused-ring (bicyclic) bond motifs is 1. The number of aromatic nitrogens is 1. The van der Waals surface area contributed by atoms with Gasteiger partial charge in [-0.1, -0.05) is 12.1 Å². The summed E-state index contributed by atoms with van der Waals surface area (Å²) in [4.78, 5) is 50.1. The van der Waals surface area contributed by atoms with Gasteiger partial charge >= 0.3 is 6.03 Å². The van der Waals surface area contributed by atoms with Crippen LogP contribution in [0.4, 0.5) is 10.5 Å². The van der Waals surface area contributed by atoms with E-state index in [0.29, 0.717) is 30.6 Å². The number of carbonyl (C=O) groups excluding carboxylic acids is 4. The molecule has 8 nitrogen and oxygen atoms in total. The number of hydrogen-bond donors (Lipinski definition) is 2. The van der Waals surface area contributed by atoms with Crippen molar-refractivity contribution in [3.05, 3.63) is 53.3 Å². The van der Waals surface area contributed by atoms with Gasteiger partial charge in [0.05, 0.1) is 18.2 Å². The van der Waals surface area contributed by atoms with E-state index in [9.17, 15) is 19.2 Å². The largest absolute Gasteiger partial charge is 0.355 e. The lowest BCUT2D eigenvalue weighted by molar-refractivity contribution is -0.133. The number of ketones is 2. The van der Waals surface area contributed by atoms with Crippen LogP contribution in [-0.4, -0.2) is 39.0 Å². The van der Waals surface area contributed by atoms with E-state index in [1.165, 1.54) is 0 Å². The van der Waals surface area contributed by atoms with Crippen molar-refractivity contribution in [3.8, 4) is 0 Å². The van der Waals surface area contributed by atoms with Crippen molar-refractivity contribution < 1.29 is 19.2 Å². The maximum atomic E-state index is 12.8. The third-order valence-electron chi connectivity index (χ3n) is 5.37. The quantitative estimate of drug-likeness (QED) is 0.775. The lowest BCUT2D eigenvalue weighted by Crippen LogP contribution is -2.44. The van der Waals surface area contributed by atoms with Crippen LogP contribution >= 0.6 is 0 Å². The predicted molar refractivity (Wildman–Crippen MR) is 105 cm³/mol. The molecule has 0 saturated heterocycles. The molecule has 2 aliphatic rings. The molecule has 8 heteroatoms. The van der Waals surface area contributed by atoms with Crippen LogP contribution in [0.1, 0.15) is 40.7 Å². The first-order chi connectivity index (χ1) is 13.9. The number of carbonyl (C=O) groups is 4. The van der Waals surface area contributed by atoms with E-state index in [1.807, 2.05) is 29.9 Å². The van der Waals surface area contributed by atoms with Crippen molar-refractivity contribution in [2.24, 2.45) is 7.05 Å². The van der Waals surface area contributed by atoms with Gasteiger partial charge in [-0.25, -0.2) is 4.79 Å². The van der Waals surface area contributed by atoms with E-state index in [1.54, 1.807) is 23.2 Å². The smallest absolute Gasteiger partial charge is 0.319 e. The molecule has 29 heavy (non-hydrogen) atoms. The third-order valence-corrected chi connectivity index (χ3v) is 5.37. The first kappa shape index (κ1) is 18.9. The van der Waals surface area contributed by atoms with Gasteiger partial charge in [0.1, 0.15) is 5.78 Å². The molecule has 3 amide bonds. The second-order valence-corrected chi connectivity index (χ2v) is 7.53. The van der Waals surface area contributed by atoms with Crippen LogP contribution in [0.2, 0.25) is 0 Å². The highest BCUT2D eigenvalue weighted by molar-refractivity contribution is 6.07. The first-order valence-corrected chi connectivity index (χ1v) is 9.55. The zero-order valence-electron chi connectivity index (χ0n) is 16.1. The van der Waals surface area contributed by atoms with Crippen LogP contribution in [0.5, 0.6) is 0 Å². The van der Waals surface area contributed by atoms with Gasteiger partial charge in [0.15, 0.2) is 5.78 Å². The number of anilines is 1. The molecule has 1 aromatic heterocycles. The monoisotopic (exact) mass is 394 g/mol. The highest BCUT2D eigenvalue weighted by Gasteiger charge is 2.38. The maximum absolute atomic E-state index is 12.8. The Labute approximate surface area is 167 Å². The molecule has 2 heterocycles. The first-order valence-electron chi connectivity index (χ1n) is 9.55. The molecule has 1 aliphatic carbocycles. The highest BCUT2D eigenvalue weighted by atomic mass is 16.2. The van der Waals surface area contributed by atoms with Crippen molar-refractivity contribution in [3.63, 3.8) is 0 Å². The number of rotatable bonds is 4. The summed E-state index contributed by atoms with van der Waals surface area (Å²) in [5, 5.41) is 5.51. The Hall–Kier alpha value is -3.42. The Morgan fingerprint density at radius 3 is 2.76 bits per heavy atom. The standard InChI is InChI=1S/C21H22N4O4/c1-24-7-6-15(12-24)23-21(29)22-10-13-2-3-14-11-25(20(28)17(14)8-13)18-5-4-16(26)9-19(18)27/h2-3,6-8,12,18H,4-5,9-11H2,1H3,(H2,22,23,29). The summed E-state index contributed by atoms with van der Waals surface area (Å²) in [7, 11) is 1.87. The molecular weight excluding hydrogens is 372 g/mol. The van der Waals surface area contributed by atoms with E-state index < -0.39 is 6.04 Å². The topological polar surface area (TPSA) is 101 Å². The van der Waals surface area contributed by atoms with Crippen LogP contribution in [0.3, 0.4) is 0 Å². The Bertz CT molecular complexity index is 1010. The molecule has 4 rings (SSSR count). The van der Waals surface area contributed by atoms with E-state index >= 15 is 0 Å². The second-order valence-electron chi connectivity index (χ2n) is 7.53. The van der Waals surface area contributed by atoms with Crippen LogP contribution < -0.4 is 10.6 Å². The van der Waals surface area contributed by atoms with Crippen molar-refractivity contribution in [2.75, 3.05) is 5.32 Å². The van der Waals surface area contributed by atoms with Gasteiger partial charge in [-0.05, 0) is 29.7 Å².